The molecule has 49 heavy (non-hydrogen) atoms. The molecule has 0 bridgehead atoms. The van der Waals surface area contributed by atoms with Crippen molar-refractivity contribution in [1.82, 2.24) is 0 Å². The largest absolute Gasteiger partial charge is 0.455 e. The molecule has 4 heteroatoms. The van der Waals surface area contributed by atoms with Crippen LogP contribution in [-0.2, 0) is 6.54 Å². The zero-order valence-corrected chi connectivity index (χ0v) is 27.1. The van der Waals surface area contributed by atoms with Gasteiger partial charge >= 0.3 is 0 Å². The van der Waals surface area contributed by atoms with Crippen molar-refractivity contribution < 1.29 is 4.42 Å². The van der Waals surface area contributed by atoms with Gasteiger partial charge in [-0.3, -0.25) is 4.99 Å². The van der Waals surface area contributed by atoms with Crippen LogP contribution in [0.1, 0.15) is 35.1 Å². The molecule has 1 aliphatic carbocycles. The van der Waals surface area contributed by atoms with E-state index in [1.54, 1.807) is 0 Å². The van der Waals surface area contributed by atoms with Crippen LogP contribution in [0.15, 0.2) is 178 Å². The summed E-state index contributed by atoms with van der Waals surface area (Å²) < 4.78 is 6.50. The van der Waals surface area contributed by atoms with Crippen molar-refractivity contribution >= 4 is 39.2 Å². The predicted octanol–water partition coefficient (Wildman–Crippen LogP) is 11.0. The minimum atomic E-state index is 0.413. The molecule has 8 rings (SSSR count). The SMILES string of the molecule is N/C(=N\C(=N/Cc1cccc2oc3c(-c4ccccc4)cccc3c12)c1ccc(C2=CCCC=C2)cc1)c1ccc(-c2ccccc2)cc1. The van der Waals surface area contributed by atoms with Gasteiger partial charge in [-0.15, -0.1) is 0 Å². The van der Waals surface area contributed by atoms with E-state index < -0.39 is 0 Å². The molecule has 0 unspecified atom stereocenters. The second-order valence-electron chi connectivity index (χ2n) is 12.2. The van der Waals surface area contributed by atoms with E-state index in [0.29, 0.717) is 18.2 Å². The van der Waals surface area contributed by atoms with E-state index in [2.05, 4.69) is 115 Å². The number of nitrogens with two attached hydrogens (primary N) is 1. The van der Waals surface area contributed by atoms with Crippen LogP contribution in [-0.4, -0.2) is 11.7 Å². The predicted molar refractivity (Wildman–Crippen MR) is 205 cm³/mol. The van der Waals surface area contributed by atoms with Gasteiger partial charge in [0.25, 0.3) is 0 Å². The number of fused-ring (bicyclic) bond motifs is 3. The summed E-state index contributed by atoms with van der Waals surface area (Å²) in [4.78, 5) is 10.1. The summed E-state index contributed by atoms with van der Waals surface area (Å²) in [5.41, 5.74) is 18.1. The minimum absolute atomic E-state index is 0.413. The van der Waals surface area contributed by atoms with E-state index in [0.717, 1.165) is 73.7 Å². The summed E-state index contributed by atoms with van der Waals surface area (Å²) in [5.74, 6) is 0.999. The van der Waals surface area contributed by atoms with Gasteiger partial charge < -0.3 is 10.2 Å². The number of hydrogen-bond donors (Lipinski definition) is 1. The van der Waals surface area contributed by atoms with Crippen molar-refractivity contribution in [3.05, 3.63) is 186 Å². The molecule has 0 atom stereocenters. The maximum Gasteiger partial charge on any atom is 0.157 e. The number of rotatable bonds is 7. The molecule has 1 heterocycles. The summed E-state index contributed by atoms with van der Waals surface area (Å²) in [5, 5.41) is 2.14. The Bertz CT molecular complexity index is 2380. The Kier molecular flexibility index (Phi) is 8.27. The second kappa shape index (κ2) is 13.5. The molecule has 0 saturated heterocycles. The number of para-hydroxylation sites is 1. The highest BCUT2D eigenvalue weighted by Gasteiger charge is 2.15. The average molecular weight is 634 g/mol. The average Bonchev–Trinajstić information content (AvgIpc) is 3.57. The molecule has 7 aromatic rings. The number of nitrogens with zero attached hydrogens (tertiary/aromatic N) is 2. The molecule has 0 spiro atoms. The molecular weight excluding hydrogens is 599 g/mol. The molecule has 0 radical (unpaired) electrons. The zero-order valence-electron chi connectivity index (χ0n) is 27.1. The normalized spacial score (nSPS) is 13.6. The van der Waals surface area contributed by atoms with Gasteiger partial charge in [0.15, 0.2) is 5.84 Å². The van der Waals surface area contributed by atoms with Crippen LogP contribution in [0.5, 0.6) is 0 Å². The van der Waals surface area contributed by atoms with Crippen molar-refractivity contribution in [2.45, 2.75) is 19.4 Å². The fourth-order valence-corrected chi connectivity index (χ4v) is 6.53. The molecule has 4 nitrogen and oxygen atoms in total. The number of furan rings is 1. The maximum atomic E-state index is 6.69. The Morgan fingerprint density at radius 1 is 0.612 bits per heavy atom. The molecule has 0 aliphatic heterocycles. The van der Waals surface area contributed by atoms with Gasteiger partial charge in [0.05, 0.1) is 6.54 Å². The highest BCUT2D eigenvalue weighted by atomic mass is 16.3. The summed E-state index contributed by atoms with van der Waals surface area (Å²) in [6.45, 7) is 0.413. The van der Waals surface area contributed by atoms with Crippen molar-refractivity contribution in [3.63, 3.8) is 0 Å². The van der Waals surface area contributed by atoms with Gasteiger partial charge in [-0.2, -0.15) is 0 Å². The van der Waals surface area contributed by atoms with Crippen molar-refractivity contribution in [2.75, 3.05) is 0 Å². The van der Waals surface area contributed by atoms with Crippen LogP contribution in [0.25, 0.3) is 49.8 Å². The Morgan fingerprint density at radius 2 is 1.29 bits per heavy atom. The third-order valence-corrected chi connectivity index (χ3v) is 9.08. The highest BCUT2D eigenvalue weighted by molar-refractivity contribution is 6.12. The van der Waals surface area contributed by atoms with Crippen LogP contribution < -0.4 is 5.73 Å². The van der Waals surface area contributed by atoms with E-state index in [4.69, 9.17) is 20.1 Å². The van der Waals surface area contributed by atoms with E-state index >= 15 is 0 Å². The standard InChI is InChI=1S/C45H35N3O/c46-44(36-26-22-33(23-27-36)31-12-4-1-5-13-31)48-45(37-28-24-34(25-29-37)32-14-6-2-7-15-32)47-30-38-18-10-21-41-42(38)40-20-11-19-39(43(40)49-41)35-16-8-3-9-17-35/h1,3-6,8-29H,2,7,30H2,(H2,46,47,48). The minimum Gasteiger partial charge on any atom is -0.455 e. The van der Waals surface area contributed by atoms with Crippen LogP contribution >= 0.6 is 0 Å². The molecule has 1 aromatic heterocycles. The van der Waals surface area contributed by atoms with Crippen molar-refractivity contribution in [1.29, 1.82) is 0 Å². The Morgan fingerprint density at radius 3 is 2.02 bits per heavy atom. The molecule has 0 saturated carbocycles. The zero-order chi connectivity index (χ0) is 33.0. The molecule has 1 aliphatic rings. The van der Waals surface area contributed by atoms with E-state index in [1.165, 1.54) is 11.1 Å². The lowest BCUT2D eigenvalue weighted by molar-refractivity contribution is 0.669. The van der Waals surface area contributed by atoms with Crippen molar-refractivity contribution in [2.24, 2.45) is 15.7 Å². The molecule has 6 aromatic carbocycles. The molecule has 0 amide bonds. The first-order valence-electron chi connectivity index (χ1n) is 16.7. The monoisotopic (exact) mass is 633 g/mol. The third-order valence-electron chi connectivity index (χ3n) is 9.08. The number of amidine groups is 2. The number of aliphatic imine (C=N–C) groups is 2. The lowest BCUT2D eigenvalue weighted by Gasteiger charge is -2.10. The van der Waals surface area contributed by atoms with E-state index in [9.17, 15) is 0 Å². The summed E-state index contributed by atoms with van der Waals surface area (Å²) in [6.07, 6.45) is 8.86. The van der Waals surface area contributed by atoms with Crippen LogP contribution in [0.4, 0.5) is 0 Å². The van der Waals surface area contributed by atoms with Gasteiger partial charge in [-0.25, -0.2) is 4.99 Å². The van der Waals surface area contributed by atoms with Gasteiger partial charge in [-0.05, 0) is 52.3 Å². The Hall–Kier alpha value is -6.26. The first kappa shape index (κ1) is 30.1. The fraction of sp³-hybridized carbons (Fsp3) is 0.0667. The Labute approximate surface area is 286 Å². The molecular formula is C45H35N3O. The number of allylic oxidation sites excluding steroid dienone is 4. The maximum absolute atomic E-state index is 6.69. The van der Waals surface area contributed by atoms with Crippen LogP contribution in [0.2, 0.25) is 0 Å². The molecule has 236 valence electrons. The van der Waals surface area contributed by atoms with Crippen LogP contribution in [0.3, 0.4) is 0 Å². The third kappa shape index (κ3) is 6.24. The fourth-order valence-electron chi connectivity index (χ4n) is 6.53. The number of benzene rings is 6. The number of hydrogen-bond acceptors (Lipinski definition) is 2. The summed E-state index contributed by atoms with van der Waals surface area (Å²) in [6, 6.07) is 49.9. The summed E-state index contributed by atoms with van der Waals surface area (Å²) >= 11 is 0. The molecule has 0 fully saturated rings. The van der Waals surface area contributed by atoms with Gasteiger partial charge in [0.1, 0.15) is 17.0 Å². The van der Waals surface area contributed by atoms with E-state index in [-0.39, 0.29) is 0 Å². The lowest BCUT2D eigenvalue weighted by atomic mass is 9.98. The smallest absolute Gasteiger partial charge is 0.157 e. The van der Waals surface area contributed by atoms with Gasteiger partial charge in [0.2, 0.25) is 0 Å². The highest BCUT2D eigenvalue weighted by Crippen LogP contribution is 2.37. The quantitative estimate of drug-likeness (QED) is 0.140. The first-order valence-corrected chi connectivity index (χ1v) is 16.7. The summed E-state index contributed by atoms with van der Waals surface area (Å²) in [7, 11) is 0. The van der Waals surface area contributed by atoms with Gasteiger partial charge in [-0.1, -0.05) is 158 Å². The lowest BCUT2D eigenvalue weighted by Crippen LogP contribution is -2.16. The molecule has 2 N–H and O–H groups in total. The van der Waals surface area contributed by atoms with Gasteiger partial charge in [0, 0.05) is 27.5 Å². The second-order valence-corrected chi connectivity index (χ2v) is 12.2. The van der Waals surface area contributed by atoms with E-state index in [1.807, 2.05) is 48.5 Å². The van der Waals surface area contributed by atoms with Crippen molar-refractivity contribution in [3.8, 4) is 22.3 Å². The first-order chi connectivity index (χ1) is 24.2. The van der Waals surface area contributed by atoms with Crippen LogP contribution in [0, 0.1) is 0 Å². The topological polar surface area (TPSA) is 63.9 Å². The Balaban J connectivity index is 1.18.